The summed E-state index contributed by atoms with van der Waals surface area (Å²) < 4.78 is 29.2. The van der Waals surface area contributed by atoms with Gasteiger partial charge >= 0.3 is 0 Å². The zero-order chi connectivity index (χ0) is 14.3. The number of rotatable bonds is 5. The van der Waals surface area contributed by atoms with Gasteiger partial charge < -0.3 is 4.74 Å². The van der Waals surface area contributed by atoms with Gasteiger partial charge in [-0.15, -0.1) is 0 Å². The second-order valence-electron chi connectivity index (χ2n) is 6.30. The lowest BCUT2D eigenvalue weighted by molar-refractivity contribution is 0.320. The molecular weight excluding hydrogens is 260 g/mol. The van der Waals surface area contributed by atoms with Gasteiger partial charge in [-0.2, -0.15) is 0 Å². The third kappa shape index (κ3) is 3.48. The van der Waals surface area contributed by atoms with Gasteiger partial charge in [0.25, 0.3) is 0 Å². The number of allylic oxidation sites excluding steroid dienone is 2. The maximum absolute atomic E-state index is 11.8. The van der Waals surface area contributed by atoms with Crippen molar-refractivity contribution in [3.63, 3.8) is 0 Å². The van der Waals surface area contributed by atoms with Crippen molar-refractivity contribution in [2.24, 2.45) is 0 Å². The standard InChI is InChI=1S/C15H24O3S/c1-11(6-8-14-15(3,4)18-14)5-7-13-12(2)9-10-19(13,16)17/h5,9,13-14H,6-8,10H2,1-4H3/b11-5+. The van der Waals surface area contributed by atoms with Crippen molar-refractivity contribution in [3.05, 3.63) is 23.3 Å². The van der Waals surface area contributed by atoms with Gasteiger partial charge in [0.1, 0.15) is 0 Å². The van der Waals surface area contributed by atoms with Crippen LogP contribution in [-0.2, 0) is 14.6 Å². The predicted molar refractivity (Wildman–Crippen MR) is 77.9 cm³/mol. The average molecular weight is 284 g/mol. The van der Waals surface area contributed by atoms with Gasteiger partial charge in [0.2, 0.25) is 0 Å². The summed E-state index contributed by atoms with van der Waals surface area (Å²) in [7, 11) is -2.93. The van der Waals surface area contributed by atoms with Crippen LogP contribution in [0, 0.1) is 0 Å². The van der Waals surface area contributed by atoms with Crippen molar-refractivity contribution in [2.75, 3.05) is 5.75 Å². The summed E-state index contributed by atoms with van der Waals surface area (Å²) in [6, 6.07) is 0. The van der Waals surface area contributed by atoms with Crippen LogP contribution in [-0.4, -0.2) is 31.1 Å². The first-order chi connectivity index (χ1) is 8.72. The smallest absolute Gasteiger partial charge is 0.160 e. The zero-order valence-electron chi connectivity index (χ0n) is 12.3. The van der Waals surface area contributed by atoms with Crippen LogP contribution in [0.25, 0.3) is 0 Å². The van der Waals surface area contributed by atoms with Crippen molar-refractivity contribution in [3.8, 4) is 0 Å². The molecule has 0 aromatic carbocycles. The van der Waals surface area contributed by atoms with Gasteiger partial charge in [-0.3, -0.25) is 0 Å². The van der Waals surface area contributed by atoms with E-state index in [-0.39, 0.29) is 16.6 Å². The molecule has 0 bridgehead atoms. The highest BCUT2D eigenvalue weighted by Gasteiger charge is 2.46. The van der Waals surface area contributed by atoms with Crippen LogP contribution < -0.4 is 0 Å². The van der Waals surface area contributed by atoms with Crippen LogP contribution in [0.2, 0.25) is 0 Å². The van der Waals surface area contributed by atoms with Crippen LogP contribution in [0.15, 0.2) is 23.3 Å². The lowest BCUT2D eigenvalue weighted by Crippen LogP contribution is -2.18. The second-order valence-corrected chi connectivity index (χ2v) is 8.53. The summed E-state index contributed by atoms with van der Waals surface area (Å²) in [5.41, 5.74) is 2.31. The molecule has 3 nitrogen and oxygen atoms in total. The monoisotopic (exact) mass is 284 g/mol. The predicted octanol–water partition coefficient (Wildman–Crippen LogP) is 3.02. The normalized spacial score (nSPS) is 32.2. The van der Waals surface area contributed by atoms with E-state index in [9.17, 15) is 8.42 Å². The third-order valence-corrected chi connectivity index (χ3v) is 6.29. The topological polar surface area (TPSA) is 46.7 Å². The Hall–Kier alpha value is -0.610. The Morgan fingerprint density at radius 3 is 2.63 bits per heavy atom. The number of sulfone groups is 1. The van der Waals surface area contributed by atoms with E-state index in [1.807, 2.05) is 13.0 Å². The summed E-state index contributed by atoms with van der Waals surface area (Å²) in [4.78, 5) is 0. The van der Waals surface area contributed by atoms with Crippen molar-refractivity contribution in [1.29, 1.82) is 0 Å². The summed E-state index contributed by atoms with van der Waals surface area (Å²) in [6.45, 7) is 8.21. The molecule has 0 radical (unpaired) electrons. The maximum atomic E-state index is 11.8. The molecule has 2 heterocycles. The molecule has 2 aliphatic heterocycles. The maximum Gasteiger partial charge on any atom is 0.160 e. The molecule has 0 aromatic rings. The third-order valence-electron chi connectivity index (χ3n) is 4.22. The molecule has 2 atom stereocenters. The van der Waals surface area contributed by atoms with Crippen LogP contribution in [0.1, 0.15) is 47.0 Å². The Bertz CT molecular complexity index is 512. The molecule has 2 unspecified atom stereocenters. The van der Waals surface area contributed by atoms with Gasteiger partial charge in [-0.1, -0.05) is 23.3 Å². The van der Waals surface area contributed by atoms with Gasteiger partial charge in [0, 0.05) is 0 Å². The van der Waals surface area contributed by atoms with E-state index in [1.165, 1.54) is 5.57 Å². The molecule has 2 rings (SSSR count). The molecule has 2 aliphatic rings. The van der Waals surface area contributed by atoms with E-state index in [0.29, 0.717) is 12.5 Å². The van der Waals surface area contributed by atoms with Crippen molar-refractivity contribution < 1.29 is 13.2 Å². The van der Waals surface area contributed by atoms with Crippen LogP contribution in [0.4, 0.5) is 0 Å². The van der Waals surface area contributed by atoms with E-state index in [2.05, 4.69) is 26.8 Å². The molecule has 0 aliphatic carbocycles. The largest absolute Gasteiger partial charge is 0.367 e. The van der Waals surface area contributed by atoms with Gasteiger partial charge in [-0.25, -0.2) is 8.42 Å². The van der Waals surface area contributed by atoms with Crippen LogP contribution >= 0.6 is 0 Å². The molecule has 0 spiro atoms. The van der Waals surface area contributed by atoms with Crippen LogP contribution in [0.3, 0.4) is 0 Å². The fourth-order valence-corrected chi connectivity index (χ4v) is 4.40. The Kier molecular flexibility index (Phi) is 3.94. The first-order valence-electron chi connectivity index (χ1n) is 6.94. The quantitative estimate of drug-likeness (QED) is 0.576. The lowest BCUT2D eigenvalue weighted by Gasteiger charge is -2.10. The highest BCUT2D eigenvalue weighted by atomic mass is 32.2. The van der Waals surface area contributed by atoms with E-state index < -0.39 is 9.84 Å². The molecule has 19 heavy (non-hydrogen) atoms. The lowest BCUT2D eigenvalue weighted by atomic mass is 10.0. The molecule has 108 valence electrons. The van der Waals surface area contributed by atoms with Crippen molar-refractivity contribution >= 4 is 9.84 Å². The number of hydrogen-bond acceptors (Lipinski definition) is 3. The van der Waals surface area contributed by atoms with Crippen molar-refractivity contribution in [1.82, 2.24) is 0 Å². The first-order valence-corrected chi connectivity index (χ1v) is 8.65. The average Bonchev–Trinajstić information content (AvgIpc) is 2.82. The fraction of sp³-hybridized carbons (Fsp3) is 0.733. The van der Waals surface area contributed by atoms with Gasteiger partial charge in [-0.05, 0) is 47.0 Å². The molecule has 1 fully saturated rings. The van der Waals surface area contributed by atoms with Crippen molar-refractivity contribution in [2.45, 2.75) is 63.9 Å². The second kappa shape index (κ2) is 5.06. The molecule has 4 heteroatoms. The molecule has 0 aromatic heterocycles. The van der Waals surface area contributed by atoms with E-state index in [1.54, 1.807) is 0 Å². The number of hydrogen-bond donors (Lipinski definition) is 0. The van der Waals surface area contributed by atoms with E-state index in [0.717, 1.165) is 18.4 Å². The highest BCUT2D eigenvalue weighted by Crippen LogP contribution is 2.39. The molecular formula is C15H24O3S. The molecule has 0 amide bonds. The minimum Gasteiger partial charge on any atom is -0.367 e. The molecule has 0 N–H and O–H groups in total. The minimum absolute atomic E-state index is 0.0500. The van der Waals surface area contributed by atoms with Gasteiger partial charge in [0.05, 0.1) is 22.7 Å². The van der Waals surface area contributed by atoms with Crippen LogP contribution in [0.5, 0.6) is 0 Å². The van der Waals surface area contributed by atoms with E-state index >= 15 is 0 Å². The molecule has 0 saturated carbocycles. The summed E-state index contributed by atoms with van der Waals surface area (Å²) in [5.74, 6) is 0.209. The first kappa shape index (κ1) is 14.8. The number of ether oxygens (including phenoxy) is 1. The Balaban J connectivity index is 1.83. The zero-order valence-corrected chi connectivity index (χ0v) is 13.1. The Labute approximate surface area is 116 Å². The summed E-state index contributed by atoms with van der Waals surface area (Å²) >= 11 is 0. The molecule has 1 saturated heterocycles. The SMILES string of the molecule is CC1=CCS(=O)(=O)C1C/C=C(\C)CCC1OC1(C)C. The van der Waals surface area contributed by atoms with Gasteiger partial charge in [0.15, 0.2) is 9.84 Å². The highest BCUT2D eigenvalue weighted by molar-refractivity contribution is 7.92. The fourth-order valence-electron chi connectivity index (χ4n) is 2.62. The summed E-state index contributed by atoms with van der Waals surface area (Å²) in [6.07, 6.45) is 6.92. The van der Waals surface area contributed by atoms with E-state index in [4.69, 9.17) is 4.74 Å². The minimum atomic E-state index is -2.93. The Morgan fingerprint density at radius 1 is 1.53 bits per heavy atom. The Morgan fingerprint density at radius 2 is 2.16 bits per heavy atom. The summed E-state index contributed by atoms with van der Waals surface area (Å²) in [5, 5.41) is -0.295. The number of epoxide rings is 1.